The van der Waals surface area contributed by atoms with Gasteiger partial charge in [0, 0.05) is 13.1 Å². The molecule has 3 rings (SSSR count). The van der Waals surface area contributed by atoms with Crippen molar-refractivity contribution in [2.24, 2.45) is 5.92 Å². The zero-order valence-corrected chi connectivity index (χ0v) is 14.8. The fourth-order valence-corrected chi connectivity index (χ4v) is 3.15. The smallest absolute Gasteiger partial charge is 0.309 e. The number of nitrogens with zero attached hydrogens (tertiary/aromatic N) is 1. The Balaban J connectivity index is 1.32. The molecule has 1 aliphatic rings. The summed E-state index contributed by atoms with van der Waals surface area (Å²) >= 11 is 0. The second-order valence-corrected chi connectivity index (χ2v) is 6.68. The van der Waals surface area contributed by atoms with Crippen molar-refractivity contribution in [1.82, 2.24) is 15.5 Å². The topological polar surface area (TPSA) is 74.6 Å². The molecular weight excluding hydrogens is 330 g/mol. The fraction of sp³-hybridized carbons (Fsp3) is 0.400. The highest BCUT2D eigenvalue weighted by atomic mass is 16.3. The first-order chi connectivity index (χ1) is 12.7. The Morgan fingerprint density at radius 2 is 1.73 bits per heavy atom. The Morgan fingerprint density at radius 3 is 2.42 bits per heavy atom. The molecule has 1 fully saturated rings. The lowest BCUT2D eigenvalue weighted by Crippen LogP contribution is -2.43. The molecule has 1 aromatic carbocycles. The van der Waals surface area contributed by atoms with Crippen LogP contribution in [0.5, 0.6) is 0 Å². The van der Waals surface area contributed by atoms with Gasteiger partial charge in [0.2, 0.25) is 0 Å². The highest BCUT2D eigenvalue weighted by Gasteiger charge is 2.21. The molecule has 0 spiro atoms. The fourth-order valence-electron chi connectivity index (χ4n) is 3.15. The van der Waals surface area contributed by atoms with Crippen LogP contribution in [0.2, 0.25) is 0 Å². The molecule has 2 amide bonds. The minimum absolute atomic E-state index is 0.359. The molecule has 138 valence electrons. The van der Waals surface area contributed by atoms with Crippen molar-refractivity contribution < 1.29 is 14.0 Å². The quantitative estimate of drug-likeness (QED) is 0.777. The average molecular weight is 355 g/mol. The highest BCUT2D eigenvalue weighted by molar-refractivity contribution is 6.35. The van der Waals surface area contributed by atoms with Crippen LogP contribution in [0.4, 0.5) is 0 Å². The predicted molar refractivity (Wildman–Crippen MR) is 98.0 cm³/mol. The molecule has 1 aliphatic heterocycles. The van der Waals surface area contributed by atoms with Gasteiger partial charge < -0.3 is 15.1 Å². The van der Waals surface area contributed by atoms with E-state index in [-0.39, 0.29) is 0 Å². The number of furan rings is 1. The number of carbonyl (C=O) groups excluding carboxylic acids is 2. The van der Waals surface area contributed by atoms with Gasteiger partial charge in [0.15, 0.2) is 0 Å². The van der Waals surface area contributed by atoms with E-state index in [1.165, 1.54) is 0 Å². The molecular formula is C20H25N3O3. The van der Waals surface area contributed by atoms with Crippen molar-refractivity contribution >= 4 is 11.8 Å². The summed E-state index contributed by atoms with van der Waals surface area (Å²) in [6.07, 6.45) is 3.71. The molecule has 1 saturated heterocycles. The van der Waals surface area contributed by atoms with E-state index in [1.807, 2.05) is 42.5 Å². The van der Waals surface area contributed by atoms with Crippen molar-refractivity contribution in [3.05, 3.63) is 60.1 Å². The molecule has 0 saturated carbocycles. The van der Waals surface area contributed by atoms with E-state index in [0.717, 1.165) is 43.8 Å². The molecule has 0 bridgehead atoms. The molecule has 2 aromatic rings. The zero-order valence-electron chi connectivity index (χ0n) is 14.8. The first kappa shape index (κ1) is 18.2. The summed E-state index contributed by atoms with van der Waals surface area (Å²) in [5.74, 6) is 0.253. The van der Waals surface area contributed by atoms with Gasteiger partial charge in [-0.25, -0.2) is 0 Å². The van der Waals surface area contributed by atoms with Gasteiger partial charge in [0.25, 0.3) is 0 Å². The maximum absolute atomic E-state index is 11.9. The molecule has 0 atom stereocenters. The van der Waals surface area contributed by atoms with Crippen molar-refractivity contribution in [3.8, 4) is 0 Å². The number of hydrogen-bond acceptors (Lipinski definition) is 4. The van der Waals surface area contributed by atoms with Crippen molar-refractivity contribution in [1.29, 1.82) is 0 Å². The van der Waals surface area contributed by atoms with E-state index in [2.05, 4.69) is 15.5 Å². The van der Waals surface area contributed by atoms with Gasteiger partial charge in [-0.05, 0) is 49.5 Å². The third-order valence-electron chi connectivity index (χ3n) is 4.72. The summed E-state index contributed by atoms with van der Waals surface area (Å²) in [4.78, 5) is 26.2. The van der Waals surface area contributed by atoms with Crippen LogP contribution in [0.25, 0.3) is 0 Å². The van der Waals surface area contributed by atoms with E-state index < -0.39 is 11.8 Å². The number of nitrogens with one attached hydrogen (secondary N) is 2. The predicted octanol–water partition coefficient (Wildman–Crippen LogP) is 1.92. The minimum atomic E-state index is -0.580. The van der Waals surface area contributed by atoms with Gasteiger partial charge in [-0.1, -0.05) is 30.3 Å². The molecule has 0 aliphatic carbocycles. The van der Waals surface area contributed by atoms with Crippen LogP contribution in [0.15, 0.2) is 53.1 Å². The van der Waals surface area contributed by atoms with Gasteiger partial charge in [0.05, 0.1) is 12.8 Å². The SMILES string of the molecule is O=C(NCc1ccccc1)C(=O)NCC1CCN(Cc2ccco2)CC1. The molecule has 2 heterocycles. The number of piperidine rings is 1. The molecule has 6 nitrogen and oxygen atoms in total. The van der Waals surface area contributed by atoms with Crippen LogP contribution in [-0.2, 0) is 22.7 Å². The Bertz CT molecular complexity index is 692. The third kappa shape index (κ3) is 5.46. The van der Waals surface area contributed by atoms with Crippen LogP contribution in [-0.4, -0.2) is 36.3 Å². The standard InChI is InChI=1S/C20H25N3O3/c24-19(21-13-16-5-2-1-3-6-16)20(25)22-14-17-8-10-23(11-9-17)15-18-7-4-12-26-18/h1-7,12,17H,8-11,13-15H2,(H,21,24)(H,22,25). The van der Waals surface area contributed by atoms with Crippen molar-refractivity contribution in [2.75, 3.05) is 19.6 Å². The lowest BCUT2D eigenvalue weighted by molar-refractivity contribution is -0.139. The summed E-state index contributed by atoms with van der Waals surface area (Å²) in [5.41, 5.74) is 0.970. The monoisotopic (exact) mass is 355 g/mol. The van der Waals surface area contributed by atoms with Gasteiger partial charge in [0.1, 0.15) is 5.76 Å². The summed E-state index contributed by atoms with van der Waals surface area (Å²) in [6, 6.07) is 13.4. The molecule has 0 unspecified atom stereocenters. The lowest BCUT2D eigenvalue weighted by atomic mass is 9.96. The van der Waals surface area contributed by atoms with E-state index in [9.17, 15) is 9.59 Å². The van der Waals surface area contributed by atoms with Crippen LogP contribution in [0.1, 0.15) is 24.2 Å². The second-order valence-electron chi connectivity index (χ2n) is 6.68. The van der Waals surface area contributed by atoms with E-state index in [1.54, 1.807) is 6.26 Å². The van der Waals surface area contributed by atoms with E-state index in [0.29, 0.717) is 19.0 Å². The number of benzene rings is 1. The first-order valence-electron chi connectivity index (χ1n) is 9.05. The van der Waals surface area contributed by atoms with E-state index in [4.69, 9.17) is 4.42 Å². The van der Waals surface area contributed by atoms with Crippen molar-refractivity contribution in [2.45, 2.75) is 25.9 Å². The Labute approximate surface area is 153 Å². The van der Waals surface area contributed by atoms with Gasteiger partial charge >= 0.3 is 11.8 Å². The molecule has 1 aromatic heterocycles. The van der Waals surface area contributed by atoms with E-state index >= 15 is 0 Å². The van der Waals surface area contributed by atoms with Crippen molar-refractivity contribution in [3.63, 3.8) is 0 Å². The molecule has 6 heteroatoms. The van der Waals surface area contributed by atoms with Crippen LogP contribution < -0.4 is 10.6 Å². The average Bonchev–Trinajstić information content (AvgIpc) is 3.19. The van der Waals surface area contributed by atoms with Crippen LogP contribution in [0.3, 0.4) is 0 Å². The summed E-state index contributed by atoms with van der Waals surface area (Å²) < 4.78 is 5.38. The largest absolute Gasteiger partial charge is 0.468 e. The second kappa shape index (κ2) is 9.20. The van der Waals surface area contributed by atoms with Gasteiger partial charge in [-0.3, -0.25) is 14.5 Å². The molecule has 26 heavy (non-hydrogen) atoms. The summed E-state index contributed by atoms with van der Waals surface area (Å²) in [6.45, 7) is 3.68. The first-order valence-corrected chi connectivity index (χ1v) is 9.05. The Hall–Kier alpha value is -2.60. The van der Waals surface area contributed by atoms with Crippen LogP contribution in [0, 0.1) is 5.92 Å². The summed E-state index contributed by atoms with van der Waals surface area (Å²) in [7, 11) is 0. The third-order valence-corrected chi connectivity index (χ3v) is 4.72. The molecule has 2 N–H and O–H groups in total. The maximum Gasteiger partial charge on any atom is 0.309 e. The number of carbonyl (C=O) groups is 2. The number of amides is 2. The van der Waals surface area contributed by atoms with Crippen LogP contribution >= 0.6 is 0 Å². The minimum Gasteiger partial charge on any atom is -0.468 e. The lowest BCUT2D eigenvalue weighted by Gasteiger charge is -2.31. The maximum atomic E-state index is 11.9. The van der Waals surface area contributed by atoms with Gasteiger partial charge in [-0.15, -0.1) is 0 Å². The Kier molecular flexibility index (Phi) is 6.44. The normalized spacial score (nSPS) is 15.5. The van der Waals surface area contributed by atoms with Gasteiger partial charge in [-0.2, -0.15) is 0 Å². The molecule has 0 radical (unpaired) electrons. The Morgan fingerprint density at radius 1 is 1.00 bits per heavy atom. The summed E-state index contributed by atoms with van der Waals surface area (Å²) in [5, 5.41) is 5.41. The highest BCUT2D eigenvalue weighted by Crippen LogP contribution is 2.18. The number of hydrogen-bond donors (Lipinski definition) is 2. The zero-order chi connectivity index (χ0) is 18.2. The number of likely N-dealkylation sites (tertiary alicyclic amines) is 1. The number of rotatable bonds is 6.